The molecule has 0 spiro atoms. The van der Waals surface area contributed by atoms with Gasteiger partial charge >= 0.3 is 0 Å². The molecular weight excluding hydrogens is 302 g/mol. The third-order valence-corrected chi connectivity index (χ3v) is 4.51. The van der Waals surface area contributed by atoms with Crippen molar-refractivity contribution in [1.29, 1.82) is 0 Å². The minimum Gasteiger partial charge on any atom is -0.382 e. The molecule has 0 unspecified atom stereocenters. The largest absolute Gasteiger partial charge is 0.382 e. The van der Waals surface area contributed by atoms with E-state index in [9.17, 15) is 8.42 Å². The number of benzene rings is 1. The summed E-state index contributed by atoms with van der Waals surface area (Å²) in [6.07, 6.45) is 0.590. The highest BCUT2D eigenvalue weighted by Gasteiger charge is 2.16. The van der Waals surface area contributed by atoms with E-state index >= 15 is 0 Å². The van der Waals surface area contributed by atoms with Gasteiger partial charge < -0.3 is 9.47 Å². The van der Waals surface area contributed by atoms with Crippen LogP contribution in [0.25, 0.3) is 0 Å². The Balaban J connectivity index is 2.42. The number of halogens is 1. The van der Waals surface area contributed by atoms with Gasteiger partial charge in [0.2, 0.25) is 10.0 Å². The lowest BCUT2D eigenvalue weighted by atomic mass is 10.2. The summed E-state index contributed by atoms with van der Waals surface area (Å²) in [6, 6.07) is 4.85. The van der Waals surface area contributed by atoms with Crippen molar-refractivity contribution < 1.29 is 17.9 Å². The topological polar surface area (TPSA) is 64.6 Å². The summed E-state index contributed by atoms with van der Waals surface area (Å²) in [7, 11) is -1.97. The molecule has 1 aromatic rings. The van der Waals surface area contributed by atoms with E-state index in [-0.39, 0.29) is 9.92 Å². The van der Waals surface area contributed by atoms with Gasteiger partial charge in [0, 0.05) is 20.3 Å². The minimum atomic E-state index is -3.57. The van der Waals surface area contributed by atoms with E-state index < -0.39 is 10.0 Å². The Morgan fingerprint density at radius 2 is 2.00 bits per heavy atom. The second-order valence-electron chi connectivity index (χ2n) is 4.29. The molecule has 0 aliphatic heterocycles. The van der Waals surface area contributed by atoms with Crippen LogP contribution in [-0.2, 0) is 19.5 Å². The summed E-state index contributed by atoms with van der Waals surface area (Å²) >= 11 is 5.95. The molecule has 0 aliphatic rings. The fraction of sp³-hybridized carbons (Fsp3) is 0.538. The van der Waals surface area contributed by atoms with E-state index in [0.717, 1.165) is 5.56 Å². The van der Waals surface area contributed by atoms with Gasteiger partial charge in [-0.15, -0.1) is 0 Å². The Labute approximate surface area is 125 Å². The zero-order chi connectivity index (χ0) is 15.0. The summed E-state index contributed by atoms with van der Waals surface area (Å²) < 4.78 is 36.7. The van der Waals surface area contributed by atoms with Crippen molar-refractivity contribution >= 4 is 21.6 Å². The first-order valence-electron chi connectivity index (χ1n) is 6.30. The molecule has 0 saturated carbocycles. The number of nitrogens with one attached hydrogen (secondary N) is 1. The molecule has 0 atom stereocenters. The van der Waals surface area contributed by atoms with E-state index in [4.69, 9.17) is 21.1 Å². The molecule has 1 N–H and O–H groups in total. The van der Waals surface area contributed by atoms with Crippen molar-refractivity contribution in [3.05, 3.63) is 28.8 Å². The molecule has 0 fully saturated rings. The predicted molar refractivity (Wildman–Crippen MR) is 78.7 cm³/mol. The van der Waals surface area contributed by atoms with Gasteiger partial charge in [0.05, 0.1) is 18.2 Å². The van der Waals surface area contributed by atoms with E-state index in [1.807, 2.05) is 6.92 Å². The van der Waals surface area contributed by atoms with Gasteiger partial charge in [0.1, 0.15) is 4.90 Å². The molecule has 0 amide bonds. The highest BCUT2D eigenvalue weighted by Crippen LogP contribution is 2.22. The highest BCUT2D eigenvalue weighted by atomic mass is 35.5. The van der Waals surface area contributed by atoms with Gasteiger partial charge in [-0.1, -0.05) is 17.7 Å². The average molecular weight is 322 g/mol. The third-order valence-electron chi connectivity index (χ3n) is 2.57. The molecule has 0 bridgehead atoms. The second kappa shape index (κ2) is 8.59. The van der Waals surface area contributed by atoms with Crippen LogP contribution in [-0.4, -0.2) is 41.9 Å². The Morgan fingerprint density at radius 3 is 2.65 bits per heavy atom. The maximum absolute atomic E-state index is 12.0. The van der Waals surface area contributed by atoms with Crippen molar-refractivity contribution in [1.82, 2.24) is 4.72 Å². The smallest absolute Gasteiger partial charge is 0.242 e. The van der Waals surface area contributed by atoms with Crippen LogP contribution in [0.3, 0.4) is 0 Å². The fourth-order valence-corrected chi connectivity index (χ4v) is 3.20. The van der Waals surface area contributed by atoms with Gasteiger partial charge in [-0.3, -0.25) is 0 Å². The molecule has 0 heterocycles. The second-order valence-corrected chi connectivity index (χ2v) is 6.43. The van der Waals surface area contributed by atoms with Gasteiger partial charge in [-0.05, 0) is 31.0 Å². The normalized spacial score (nSPS) is 11.8. The molecule has 1 rings (SSSR count). The lowest BCUT2D eigenvalue weighted by Gasteiger charge is -2.09. The maximum Gasteiger partial charge on any atom is 0.242 e. The van der Waals surface area contributed by atoms with Gasteiger partial charge in [0.25, 0.3) is 0 Å². The molecular formula is C13H20ClNO4S. The van der Waals surface area contributed by atoms with Gasteiger partial charge in [-0.25, -0.2) is 13.1 Å². The molecule has 0 saturated heterocycles. The molecule has 0 radical (unpaired) electrons. The first-order chi connectivity index (χ1) is 9.47. The standard InChI is InChI=1S/C13H20ClNO4S/c1-11-4-5-13(12(14)10-11)20(16,17)15-6-3-7-19-9-8-18-2/h4-5,10,15H,3,6-9H2,1-2H3. The number of rotatable bonds is 9. The van der Waals surface area contributed by atoms with Crippen molar-refractivity contribution in [2.45, 2.75) is 18.2 Å². The molecule has 114 valence electrons. The quantitative estimate of drug-likeness (QED) is 0.706. The number of aryl methyl sites for hydroxylation is 1. The van der Waals surface area contributed by atoms with Crippen LogP contribution in [0.2, 0.25) is 5.02 Å². The number of methoxy groups -OCH3 is 1. The van der Waals surface area contributed by atoms with E-state index in [1.165, 1.54) is 6.07 Å². The predicted octanol–water partition coefficient (Wildman–Crippen LogP) is 1.98. The zero-order valence-corrected chi connectivity index (χ0v) is 13.3. The van der Waals surface area contributed by atoms with Crippen LogP contribution >= 0.6 is 11.6 Å². The third kappa shape index (κ3) is 5.76. The van der Waals surface area contributed by atoms with E-state index in [1.54, 1.807) is 19.2 Å². The summed E-state index contributed by atoms with van der Waals surface area (Å²) in [4.78, 5) is 0.102. The van der Waals surface area contributed by atoms with Crippen LogP contribution in [0.1, 0.15) is 12.0 Å². The number of hydrogen-bond donors (Lipinski definition) is 1. The first kappa shape index (κ1) is 17.4. The van der Waals surface area contributed by atoms with Crippen LogP contribution < -0.4 is 4.72 Å². The number of hydrogen-bond acceptors (Lipinski definition) is 4. The lowest BCUT2D eigenvalue weighted by Crippen LogP contribution is -2.26. The monoisotopic (exact) mass is 321 g/mol. The van der Waals surface area contributed by atoms with Gasteiger partial charge in [-0.2, -0.15) is 0 Å². The summed E-state index contributed by atoms with van der Waals surface area (Å²) in [6.45, 7) is 3.68. The zero-order valence-electron chi connectivity index (χ0n) is 11.7. The Morgan fingerprint density at radius 1 is 1.25 bits per heavy atom. The highest BCUT2D eigenvalue weighted by molar-refractivity contribution is 7.89. The fourth-order valence-electron chi connectivity index (χ4n) is 1.53. The maximum atomic E-state index is 12.0. The molecule has 7 heteroatoms. The molecule has 5 nitrogen and oxygen atoms in total. The summed E-state index contributed by atoms with van der Waals surface area (Å²) in [5.41, 5.74) is 0.917. The average Bonchev–Trinajstić information content (AvgIpc) is 2.37. The Kier molecular flexibility index (Phi) is 7.47. The number of sulfonamides is 1. The number of ether oxygens (including phenoxy) is 2. The summed E-state index contributed by atoms with van der Waals surface area (Å²) in [5, 5.41) is 0.230. The van der Waals surface area contributed by atoms with Crippen LogP contribution in [0.15, 0.2) is 23.1 Å². The molecule has 0 aliphatic carbocycles. The SMILES string of the molecule is COCCOCCCNS(=O)(=O)c1ccc(C)cc1Cl. The van der Waals surface area contributed by atoms with Crippen molar-refractivity contribution in [3.8, 4) is 0 Å². The van der Waals surface area contributed by atoms with Crippen molar-refractivity contribution in [2.75, 3.05) is 33.5 Å². The van der Waals surface area contributed by atoms with E-state index in [2.05, 4.69) is 4.72 Å². The van der Waals surface area contributed by atoms with Crippen LogP contribution in [0.4, 0.5) is 0 Å². The van der Waals surface area contributed by atoms with Crippen LogP contribution in [0, 0.1) is 6.92 Å². The van der Waals surface area contributed by atoms with Crippen molar-refractivity contribution in [3.63, 3.8) is 0 Å². The van der Waals surface area contributed by atoms with E-state index in [0.29, 0.717) is 32.8 Å². The first-order valence-corrected chi connectivity index (χ1v) is 8.16. The Bertz CT molecular complexity index is 519. The van der Waals surface area contributed by atoms with Crippen molar-refractivity contribution in [2.24, 2.45) is 0 Å². The van der Waals surface area contributed by atoms with Crippen LogP contribution in [0.5, 0.6) is 0 Å². The minimum absolute atomic E-state index is 0.102. The molecule has 1 aromatic carbocycles. The Hall–Kier alpha value is -0.660. The lowest BCUT2D eigenvalue weighted by molar-refractivity contribution is 0.0699. The summed E-state index contributed by atoms with van der Waals surface area (Å²) in [5.74, 6) is 0. The van der Waals surface area contributed by atoms with Gasteiger partial charge in [0.15, 0.2) is 0 Å². The molecule has 0 aromatic heterocycles. The molecule has 20 heavy (non-hydrogen) atoms.